The van der Waals surface area contributed by atoms with E-state index >= 15 is 0 Å². The molecule has 0 aromatic carbocycles. The van der Waals surface area contributed by atoms with E-state index in [0.29, 0.717) is 24.3 Å². The SMILES string of the molecule is CNS(=O)(=O)c1ccc(NCc2ccc(OC3CCCC3)nc2)nc1. The first kappa shape index (κ1) is 17.6. The Morgan fingerprint density at radius 3 is 2.52 bits per heavy atom. The number of anilines is 1. The van der Waals surface area contributed by atoms with Crippen LogP contribution in [0.1, 0.15) is 31.2 Å². The minimum atomic E-state index is -3.46. The van der Waals surface area contributed by atoms with Gasteiger partial charge in [-0.2, -0.15) is 0 Å². The summed E-state index contributed by atoms with van der Waals surface area (Å²) >= 11 is 0. The second kappa shape index (κ2) is 7.79. The molecule has 0 amide bonds. The fraction of sp³-hybridized carbons (Fsp3) is 0.412. The van der Waals surface area contributed by atoms with Crippen molar-refractivity contribution in [2.75, 3.05) is 12.4 Å². The molecular weight excluding hydrogens is 340 g/mol. The normalized spacial score (nSPS) is 15.2. The second-order valence-corrected chi connectivity index (χ2v) is 7.86. The van der Waals surface area contributed by atoms with Crippen molar-refractivity contribution >= 4 is 15.8 Å². The third-order valence-corrected chi connectivity index (χ3v) is 5.58. The van der Waals surface area contributed by atoms with Gasteiger partial charge in [-0.25, -0.2) is 23.1 Å². The molecule has 1 fully saturated rings. The Balaban J connectivity index is 1.54. The number of aromatic nitrogens is 2. The lowest BCUT2D eigenvalue weighted by molar-refractivity contribution is 0.201. The van der Waals surface area contributed by atoms with Crippen molar-refractivity contribution in [1.29, 1.82) is 0 Å². The molecule has 0 radical (unpaired) electrons. The van der Waals surface area contributed by atoms with Gasteiger partial charge in [0.25, 0.3) is 0 Å². The molecule has 2 aromatic heterocycles. The Hall–Kier alpha value is -2.19. The Morgan fingerprint density at radius 2 is 1.92 bits per heavy atom. The van der Waals surface area contributed by atoms with Gasteiger partial charge in [0.1, 0.15) is 16.8 Å². The molecular formula is C17H22N4O3S. The number of nitrogens with one attached hydrogen (secondary N) is 2. The number of hydrogen-bond acceptors (Lipinski definition) is 6. The maximum absolute atomic E-state index is 11.7. The van der Waals surface area contributed by atoms with Gasteiger partial charge in [-0.15, -0.1) is 0 Å². The predicted octanol–water partition coefficient (Wildman–Crippen LogP) is 2.32. The van der Waals surface area contributed by atoms with Crippen LogP contribution in [0.15, 0.2) is 41.6 Å². The standard InChI is InChI=1S/C17H22N4O3S/c1-18-25(22,23)15-7-8-16(20-12-15)19-10-13-6-9-17(21-11-13)24-14-4-2-3-5-14/h6-9,11-12,14,18H,2-5,10H2,1H3,(H,19,20). The highest BCUT2D eigenvalue weighted by atomic mass is 32.2. The van der Waals surface area contributed by atoms with Crippen LogP contribution in [0.3, 0.4) is 0 Å². The van der Waals surface area contributed by atoms with Gasteiger partial charge in [-0.3, -0.25) is 0 Å². The molecule has 2 aromatic rings. The molecule has 0 spiro atoms. The summed E-state index contributed by atoms with van der Waals surface area (Å²) in [6.45, 7) is 0.543. The quantitative estimate of drug-likeness (QED) is 0.785. The van der Waals surface area contributed by atoms with Crippen molar-refractivity contribution in [2.24, 2.45) is 0 Å². The Morgan fingerprint density at radius 1 is 1.12 bits per heavy atom. The molecule has 0 bridgehead atoms. The summed E-state index contributed by atoms with van der Waals surface area (Å²) in [4.78, 5) is 8.60. The van der Waals surface area contributed by atoms with Gasteiger partial charge in [0, 0.05) is 25.0 Å². The summed E-state index contributed by atoms with van der Waals surface area (Å²) in [5, 5.41) is 3.14. The lowest BCUT2D eigenvalue weighted by Crippen LogP contribution is -2.18. The zero-order valence-corrected chi connectivity index (χ0v) is 14.9. The van der Waals surface area contributed by atoms with Crippen molar-refractivity contribution in [3.8, 4) is 5.88 Å². The van der Waals surface area contributed by atoms with Crippen molar-refractivity contribution < 1.29 is 13.2 Å². The van der Waals surface area contributed by atoms with Gasteiger partial charge in [0.05, 0.1) is 0 Å². The molecule has 7 nitrogen and oxygen atoms in total. The number of rotatable bonds is 7. The van der Waals surface area contributed by atoms with Crippen molar-refractivity contribution in [1.82, 2.24) is 14.7 Å². The zero-order valence-electron chi connectivity index (χ0n) is 14.1. The third kappa shape index (κ3) is 4.67. The topological polar surface area (TPSA) is 93.2 Å². The van der Waals surface area contributed by atoms with Crippen molar-refractivity contribution in [3.05, 3.63) is 42.2 Å². The van der Waals surface area contributed by atoms with E-state index in [1.807, 2.05) is 12.1 Å². The molecule has 1 aliphatic rings. The Bertz CT molecular complexity index is 786. The second-order valence-electron chi connectivity index (χ2n) is 5.97. The molecule has 0 atom stereocenters. The number of hydrogen-bond donors (Lipinski definition) is 2. The third-order valence-electron chi connectivity index (χ3n) is 4.18. The molecule has 0 saturated heterocycles. The predicted molar refractivity (Wildman–Crippen MR) is 94.9 cm³/mol. The minimum Gasteiger partial charge on any atom is -0.474 e. The van der Waals surface area contributed by atoms with E-state index < -0.39 is 10.0 Å². The van der Waals surface area contributed by atoms with Crippen LogP contribution in [0, 0.1) is 0 Å². The van der Waals surface area contributed by atoms with Gasteiger partial charge < -0.3 is 10.1 Å². The van der Waals surface area contributed by atoms with Gasteiger partial charge >= 0.3 is 0 Å². The van der Waals surface area contributed by atoms with Crippen LogP contribution in [0.25, 0.3) is 0 Å². The summed E-state index contributed by atoms with van der Waals surface area (Å²) in [5.41, 5.74) is 0.993. The lowest BCUT2D eigenvalue weighted by atomic mass is 10.3. The number of ether oxygens (including phenoxy) is 1. The summed E-state index contributed by atoms with van der Waals surface area (Å²) in [6, 6.07) is 6.99. The first-order valence-electron chi connectivity index (χ1n) is 8.32. The van der Waals surface area contributed by atoms with Crippen LogP contribution >= 0.6 is 0 Å². The zero-order chi connectivity index (χ0) is 17.7. The fourth-order valence-electron chi connectivity index (χ4n) is 2.72. The average Bonchev–Trinajstić information content (AvgIpc) is 3.14. The van der Waals surface area contributed by atoms with E-state index in [1.165, 1.54) is 32.2 Å². The molecule has 2 N–H and O–H groups in total. The first-order valence-corrected chi connectivity index (χ1v) is 9.80. The van der Waals surface area contributed by atoms with E-state index in [0.717, 1.165) is 18.4 Å². The maximum Gasteiger partial charge on any atom is 0.241 e. The van der Waals surface area contributed by atoms with E-state index in [1.54, 1.807) is 12.3 Å². The van der Waals surface area contributed by atoms with Crippen molar-refractivity contribution in [2.45, 2.75) is 43.2 Å². The highest BCUT2D eigenvalue weighted by Gasteiger charge is 2.16. The molecule has 0 unspecified atom stereocenters. The molecule has 134 valence electrons. The molecule has 0 aliphatic heterocycles. The van der Waals surface area contributed by atoms with E-state index in [-0.39, 0.29) is 4.90 Å². The van der Waals surface area contributed by atoms with Crippen molar-refractivity contribution in [3.63, 3.8) is 0 Å². The number of sulfonamides is 1. The van der Waals surface area contributed by atoms with E-state index in [2.05, 4.69) is 20.0 Å². The monoisotopic (exact) mass is 362 g/mol. The van der Waals surface area contributed by atoms with E-state index in [9.17, 15) is 8.42 Å². The molecule has 8 heteroatoms. The first-order chi connectivity index (χ1) is 12.1. The van der Waals surface area contributed by atoms with Gasteiger partial charge in [-0.05, 0) is 50.4 Å². The highest BCUT2D eigenvalue weighted by molar-refractivity contribution is 7.89. The summed E-state index contributed by atoms with van der Waals surface area (Å²) in [6.07, 6.45) is 8.07. The van der Waals surface area contributed by atoms with Crippen LogP contribution < -0.4 is 14.8 Å². The summed E-state index contributed by atoms with van der Waals surface area (Å²) in [7, 11) is -2.09. The summed E-state index contributed by atoms with van der Waals surface area (Å²) < 4.78 is 31.4. The van der Waals surface area contributed by atoms with Crippen LogP contribution in [-0.4, -0.2) is 31.5 Å². The highest BCUT2D eigenvalue weighted by Crippen LogP contribution is 2.23. The lowest BCUT2D eigenvalue weighted by Gasteiger charge is -2.12. The molecule has 1 aliphatic carbocycles. The average molecular weight is 362 g/mol. The van der Waals surface area contributed by atoms with Gasteiger partial charge in [0.2, 0.25) is 15.9 Å². The number of nitrogens with zero attached hydrogens (tertiary/aromatic N) is 2. The Labute approximate surface area is 147 Å². The van der Waals surface area contributed by atoms with Crippen LogP contribution in [0.4, 0.5) is 5.82 Å². The molecule has 1 saturated carbocycles. The van der Waals surface area contributed by atoms with E-state index in [4.69, 9.17) is 4.74 Å². The Kier molecular flexibility index (Phi) is 5.50. The van der Waals surface area contributed by atoms with Gasteiger partial charge in [-0.1, -0.05) is 6.07 Å². The minimum absolute atomic E-state index is 0.135. The molecule has 25 heavy (non-hydrogen) atoms. The molecule has 2 heterocycles. The smallest absolute Gasteiger partial charge is 0.241 e. The number of pyridine rings is 2. The molecule has 3 rings (SSSR count). The summed E-state index contributed by atoms with van der Waals surface area (Å²) in [5.74, 6) is 1.26. The van der Waals surface area contributed by atoms with Crippen LogP contribution in [-0.2, 0) is 16.6 Å². The maximum atomic E-state index is 11.7. The van der Waals surface area contributed by atoms with Gasteiger partial charge in [0.15, 0.2) is 0 Å². The largest absolute Gasteiger partial charge is 0.474 e. The fourth-order valence-corrected chi connectivity index (χ4v) is 3.39. The van der Waals surface area contributed by atoms with Crippen LogP contribution in [0.2, 0.25) is 0 Å². The van der Waals surface area contributed by atoms with Crippen LogP contribution in [0.5, 0.6) is 5.88 Å².